The Morgan fingerprint density at radius 2 is 1.85 bits per heavy atom. The third kappa shape index (κ3) is 5.45. The van der Waals surface area contributed by atoms with E-state index in [9.17, 15) is 4.79 Å². The molecule has 0 bridgehead atoms. The molecule has 0 spiro atoms. The van der Waals surface area contributed by atoms with Crippen LogP contribution >= 0.6 is 23.2 Å². The molecular weight excluding hydrogens is 389 g/mol. The van der Waals surface area contributed by atoms with E-state index in [1.165, 1.54) is 14.2 Å². The van der Waals surface area contributed by atoms with Crippen molar-refractivity contribution in [1.29, 1.82) is 0 Å². The molecule has 27 heavy (non-hydrogen) atoms. The van der Waals surface area contributed by atoms with Gasteiger partial charge in [-0.15, -0.1) is 0 Å². The number of nitrogens with zero attached hydrogens (tertiary/aromatic N) is 2. The second-order valence-corrected chi connectivity index (χ2v) is 6.25. The lowest BCUT2D eigenvalue weighted by Crippen LogP contribution is -2.29. The summed E-state index contributed by atoms with van der Waals surface area (Å²) >= 11 is 11.9. The van der Waals surface area contributed by atoms with E-state index in [0.29, 0.717) is 21.3 Å². The fourth-order valence-corrected chi connectivity index (χ4v) is 2.57. The van der Waals surface area contributed by atoms with Gasteiger partial charge in [-0.05, 0) is 19.1 Å². The van der Waals surface area contributed by atoms with Crippen molar-refractivity contribution >= 4 is 40.5 Å². The molecule has 0 aliphatic heterocycles. The molecule has 0 unspecified atom stereocenters. The van der Waals surface area contributed by atoms with Crippen LogP contribution in [0.25, 0.3) is 0 Å². The maximum Gasteiger partial charge on any atom is 0.273 e. The highest BCUT2D eigenvalue weighted by molar-refractivity contribution is 6.45. The maximum absolute atomic E-state index is 12.1. The number of benzene rings is 2. The van der Waals surface area contributed by atoms with Gasteiger partial charge in [-0.2, -0.15) is 0 Å². The molecular formula is C19H19Cl2N3O3. The molecule has 0 radical (unpaired) electrons. The van der Waals surface area contributed by atoms with E-state index in [2.05, 4.69) is 15.6 Å². The van der Waals surface area contributed by atoms with Gasteiger partial charge in [-0.1, -0.05) is 63.8 Å². The Kier molecular flexibility index (Phi) is 7.64. The number of likely N-dealkylation sites (N-methyl/N-ethyl adjacent to an activating group) is 1. The monoisotopic (exact) mass is 407 g/mol. The largest absolute Gasteiger partial charge is 0.398 e. The average molecular weight is 408 g/mol. The molecule has 8 heteroatoms. The van der Waals surface area contributed by atoms with Crippen LogP contribution in [0.2, 0.25) is 10.0 Å². The summed E-state index contributed by atoms with van der Waals surface area (Å²) in [4.78, 5) is 22.3. The molecule has 0 atom stereocenters. The highest BCUT2D eigenvalue weighted by Gasteiger charge is 2.17. The number of oxime groups is 2. The number of hydrogen-bond donors (Lipinski definition) is 1. The minimum absolute atomic E-state index is 0.147. The first kappa shape index (κ1) is 20.7. The first-order valence-electron chi connectivity index (χ1n) is 8.01. The molecule has 0 aliphatic rings. The molecule has 2 aromatic rings. The lowest BCUT2D eigenvalue weighted by atomic mass is 10.0. The van der Waals surface area contributed by atoms with Crippen molar-refractivity contribution in [2.75, 3.05) is 14.2 Å². The Labute approximate surface area is 167 Å². The Morgan fingerprint density at radius 3 is 2.52 bits per heavy atom. The summed E-state index contributed by atoms with van der Waals surface area (Å²) in [7, 11) is 2.91. The lowest BCUT2D eigenvalue weighted by Gasteiger charge is -2.10. The van der Waals surface area contributed by atoms with Crippen molar-refractivity contribution in [2.45, 2.75) is 13.5 Å². The zero-order valence-electron chi connectivity index (χ0n) is 15.1. The zero-order chi connectivity index (χ0) is 19.8. The quantitative estimate of drug-likeness (QED) is 0.556. The van der Waals surface area contributed by atoms with Crippen LogP contribution in [-0.2, 0) is 21.1 Å². The Bertz CT molecular complexity index is 882. The lowest BCUT2D eigenvalue weighted by molar-refractivity contribution is -0.114. The van der Waals surface area contributed by atoms with Crippen LogP contribution in [0.5, 0.6) is 0 Å². The van der Waals surface area contributed by atoms with Gasteiger partial charge in [0.15, 0.2) is 5.71 Å². The molecule has 142 valence electrons. The zero-order valence-corrected chi connectivity index (χ0v) is 16.6. The minimum atomic E-state index is -0.361. The number of carbonyl (C=O) groups excluding carboxylic acids is 1. The predicted octanol–water partition coefficient (Wildman–Crippen LogP) is 4.03. The Hall–Kier alpha value is -2.57. The smallest absolute Gasteiger partial charge is 0.273 e. The first-order chi connectivity index (χ1) is 13.0. The van der Waals surface area contributed by atoms with Gasteiger partial charge in [0.1, 0.15) is 13.7 Å². The Balaban J connectivity index is 2.20. The van der Waals surface area contributed by atoms with Crippen molar-refractivity contribution < 1.29 is 14.5 Å². The topological polar surface area (TPSA) is 72.3 Å². The van der Waals surface area contributed by atoms with Gasteiger partial charge in [-0.25, -0.2) is 0 Å². The van der Waals surface area contributed by atoms with Gasteiger partial charge in [0, 0.05) is 23.7 Å². The fourth-order valence-electron chi connectivity index (χ4n) is 2.27. The maximum atomic E-state index is 12.1. The van der Waals surface area contributed by atoms with Gasteiger partial charge in [0.05, 0.1) is 15.8 Å². The van der Waals surface area contributed by atoms with Gasteiger partial charge in [0.2, 0.25) is 0 Å². The molecule has 0 heterocycles. The van der Waals surface area contributed by atoms with Crippen molar-refractivity contribution in [2.24, 2.45) is 10.3 Å². The van der Waals surface area contributed by atoms with Crippen LogP contribution in [0.15, 0.2) is 52.8 Å². The predicted molar refractivity (Wildman–Crippen MR) is 108 cm³/mol. The minimum Gasteiger partial charge on any atom is -0.398 e. The normalized spacial score (nSPS) is 11.9. The van der Waals surface area contributed by atoms with Crippen molar-refractivity contribution in [3.8, 4) is 0 Å². The average Bonchev–Trinajstić information content (AvgIpc) is 2.68. The van der Waals surface area contributed by atoms with Crippen LogP contribution in [0, 0.1) is 0 Å². The molecule has 0 aliphatic carbocycles. The molecule has 6 nitrogen and oxygen atoms in total. The first-order valence-corrected chi connectivity index (χ1v) is 8.77. The van der Waals surface area contributed by atoms with E-state index in [4.69, 9.17) is 32.9 Å². The van der Waals surface area contributed by atoms with Gasteiger partial charge in [-0.3, -0.25) is 4.79 Å². The molecule has 0 saturated carbocycles. The van der Waals surface area contributed by atoms with E-state index in [1.54, 1.807) is 37.3 Å². The third-order valence-electron chi connectivity index (χ3n) is 3.66. The molecule has 2 aromatic carbocycles. The number of rotatable bonds is 7. The number of amides is 1. The molecule has 0 fully saturated rings. The highest BCUT2D eigenvalue weighted by Crippen LogP contribution is 2.23. The van der Waals surface area contributed by atoms with Crippen molar-refractivity contribution in [1.82, 2.24) is 5.32 Å². The summed E-state index contributed by atoms with van der Waals surface area (Å²) in [5.74, 6) is -0.361. The fraction of sp³-hybridized carbons (Fsp3) is 0.211. The summed E-state index contributed by atoms with van der Waals surface area (Å²) in [6, 6.07) is 12.5. The van der Waals surface area contributed by atoms with Crippen molar-refractivity contribution in [3.05, 3.63) is 69.2 Å². The number of nitrogens with one attached hydrogen (secondary N) is 1. The summed E-state index contributed by atoms with van der Waals surface area (Å²) in [6.07, 6.45) is 0. The molecule has 1 N–H and O–H groups in total. The second kappa shape index (κ2) is 9.94. The second-order valence-electron chi connectivity index (χ2n) is 5.44. The van der Waals surface area contributed by atoms with Crippen molar-refractivity contribution in [3.63, 3.8) is 0 Å². The highest BCUT2D eigenvalue weighted by atomic mass is 35.5. The van der Waals surface area contributed by atoms with Crippen LogP contribution in [0.1, 0.15) is 23.6 Å². The number of hydrogen-bond acceptors (Lipinski definition) is 5. The van der Waals surface area contributed by atoms with Gasteiger partial charge < -0.3 is 15.0 Å². The Morgan fingerprint density at radius 1 is 1.11 bits per heavy atom. The van der Waals surface area contributed by atoms with E-state index < -0.39 is 0 Å². The summed E-state index contributed by atoms with van der Waals surface area (Å²) < 4.78 is 0. The molecule has 2 rings (SSSR count). The number of halogens is 2. The van der Waals surface area contributed by atoms with Crippen LogP contribution in [0.4, 0.5) is 0 Å². The SMILES string of the molecule is CNC(=O)/C(=N/OC)c1ccccc1CO/N=C(\C)c1ccc(Cl)c(Cl)c1. The molecule has 0 aromatic heterocycles. The van der Waals surface area contributed by atoms with E-state index in [1.807, 2.05) is 12.1 Å². The molecule has 1 amide bonds. The van der Waals surface area contributed by atoms with Crippen LogP contribution in [-0.4, -0.2) is 31.5 Å². The molecule has 0 saturated heterocycles. The summed E-state index contributed by atoms with van der Waals surface area (Å²) in [5.41, 5.74) is 2.93. The van der Waals surface area contributed by atoms with E-state index in [0.717, 1.165) is 11.1 Å². The van der Waals surface area contributed by atoms with E-state index >= 15 is 0 Å². The van der Waals surface area contributed by atoms with Crippen LogP contribution in [0.3, 0.4) is 0 Å². The standard InChI is InChI=1S/C19H19Cl2N3O3/c1-12(13-8-9-16(20)17(21)10-13)23-27-11-14-6-4-5-7-15(14)18(24-26-3)19(25)22-2/h4-10H,11H2,1-3H3,(H,22,25)/b23-12+,24-18+. The number of carbonyl (C=O) groups is 1. The van der Waals surface area contributed by atoms with Crippen LogP contribution < -0.4 is 5.32 Å². The summed E-state index contributed by atoms with van der Waals surface area (Å²) in [6.45, 7) is 1.95. The van der Waals surface area contributed by atoms with E-state index in [-0.39, 0.29) is 18.2 Å². The van der Waals surface area contributed by atoms with Gasteiger partial charge >= 0.3 is 0 Å². The summed E-state index contributed by atoms with van der Waals surface area (Å²) in [5, 5.41) is 11.4. The third-order valence-corrected chi connectivity index (χ3v) is 4.40. The van der Waals surface area contributed by atoms with Gasteiger partial charge in [0.25, 0.3) is 5.91 Å².